The molecule has 0 aromatic heterocycles. The number of benzene rings is 2. The summed E-state index contributed by atoms with van der Waals surface area (Å²) in [7, 11) is 1.72. The predicted molar refractivity (Wildman–Crippen MR) is 102 cm³/mol. The van der Waals surface area contributed by atoms with Gasteiger partial charge in [0, 0.05) is 17.3 Å². The average molecular weight is 344 g/mol. The lowest BCUT2D eigenvalue weighted by molar-refractivity contribution is 0.315. The fourth-order valence-corrected chi connectivity index (χ4v) is 3.77. The van der Waals surface area contributed by atoms with Crippen molar-refractivity contribution in [3.63, 3.8) is 0 Å². The van der Waals surface area contributed by atoms with E-state index >= 15 is 0 Å². The first-order chi connectivity index (χ1) is 11.7. The molecule has 3 rings (SSSR count). The lowest BCUT2D eigenvalue weighted by atomic mass is 9.77. The molecule has 0 atom stereocenters. The van der Waals surface area contributed by atoms with Crippen molar-refractivity contribution in [2.75, 3.05) is 19.0 Å². The number of hydrogen-bond acceptors (Lipinski definition) is 2. The predicted octanol–water partition coefficient (Wildman–Crippen LogP) is 6.12. The molecule has 0 amide bonds. The fourth-order valence-electron chi connectivity index (χ4n) is 3.65. The van der Waals surface area contributed by atoms with E-state index in [-0.39, 0.29) is 0 Å². The van der Waals surface area contributed by atoms with Crippen LogP contribution in [0, 0.1) is 5.92 Å². The van der Waals surface area contributed by atoms with Gasteiger partial charge >= 0.3 is 0 Å². The smallest absolute Gasteiger partial charge is 0.118 e. The van der Waals surface area contributed by atoms with Crippen molar-refractivity contribution in [3.05, 3.63) is 59.1 Å². The van der Waals surface area contributed by atoms with Crippen LogP contribution in [0.4, 0.5) is 5.69 Å². The first kappa shape index (κ1) is 17.2. The number of nitrogens with one attached hydrogen (secondary N) is 1. The molecular formula is C21H26ClNO. The second-order valence-electron chi connectivity index (χ2n) is 6.71. The van der Waals surface area contributed by atoms with Gasteiger partial charge in [0.2, 0.25) is 0 Å². The molecule has 0 spiro atoms. The molecule has 1 aliphatic rings. The Morgan fingerprint density at radius 3 is 2.25 bits per heavy atom. The minimum atomic E-state index is 0.719. The van der Waals surface area contributed by atoms with Gasteiger partial charge in [-0.1, -0.05) is 23.7 Å². The summed E-state index contributed by atoms with van der Waals surface area (Å²) in [5, 5.41) is 4.29. The van der Waals surface area contributed by atoms with Crippen LogP contribution in [-0.4, -0.2) is 13.7 Å². The molecule has 0 heterocycles. The molecule has 24 heavy (non-hydrogen) atoms. The third-order valence-electron chi connectivity index (χ3n) is 5.16. The molecule has 0 radical (unpaired) electrons. The van der Waals surface area contributed by atoms with Crippen LogP contribution in [0.3, 0.4) is 0 Å². The molecule has 0 unspecified atom stereocenters. The Bertz CT molecular complexity index is 615. The normalized spacial score (nSPS) is 20.6. The maximum Gasteiger partial charge on any atom is 0.118 e. The highest BCUT2D eigenvalue weighted by molar-refractivity contribution is 6.30. The van der Waals surface area contributed by atoms with E-state index in [0.29, 0.717) is 0 Å². The Kier molecular flexibility index (Phi) is 6.03. The zero-order valence-corrected chi connectivity index (χ0v) is 15.1. The van der Waals surface area contributed by atoms with Crippen LogP contribution in [0.5, 0.6) is 5.75 Å². The van der Waals surface area contributed by atoms with Gasteiger partial charge in [0.15, 0.2) is 0 Å². The summed E-state index contributed by atoms with van der Waals surface area (Å²) in [4.78, 5) is 0. The molecule has 3 heteroatoms. The Labute approximate surface area is 150 Å². The van der Waals surface area contributed by atoms with E-state index in [4.69, 9.17) is 16.3 Å². The van der Waals surface area contributed by atoms with Crippen LogP contribution in [0.1, 0.15) is 43.6 Å². The van der Waals surface area contributed by atoms with Crippen molar-refractivity contribution in [3.8, 4) is 5.75 Å². The second-order valence-corrected chi connectivity index (χ2v) is 7.15. The standard InChI is InChI=1S/C21H26ClNO/c1-24-21-12-6-18(7-13-21)17-4-2-16(3-5-17)14-15-23-20-10-8-19(22)9-11-20/h6-13,16-17,23H,2-5,14-15H2,1H3/t16-,17-. The van der Waals surface area contributed by atoms with Crippen molar-refractivity contribution in [2.45, 2.75) is 38.0 Å². The number of methoxy groups -OCH3 is 1. The van der Waals surface area contributed by atoms with E-state index in [1.165, 1.54) is 37.7 Å². The molecule has 1 saturated carbocycles. The van der Waals surface area contributed by atoms with Gasteiger partial charge < -0.3 is 10.1 Å². The summed E-state index contributed by atoms with van der Waals surface area (Å²) in [6.45, 7) is 1.04. The van der Waals surface area contributed by atoms with E-state index in [1.807, 2.05) is 24.3 Å². The summed E-state index contributed by atoms with van der Waals surface area (Å²) in [6, 6.07) is 16.6. The number of ether oxygens (including phenoxy) is 1. The van der Waals surface area contributed by atoms with Crippen molar-refractivity contribution in [2.24, 2.45) is 5.92 Å². The van der Waals surface area contributed by atoms with Crippen LogP contribution in [-0.2, 0) is 0 Å². The molecule has 0 bridgehead atoms. The molecule has 1 aliphatic carbocycles. The van der Waals surface area contributed by atoms with Gasteiger partial charge in [-0.3, -0.25) is 0 Å². The highest BCUT2D eigenvalue weighted by Gasteiger charge is 2.22. The number of rotatable bonds is 6. The monoisotopic (exact) mass is 343 g/mol. The second kappa shape index (κ2) is 8.43. The van der Waals surface area contributed by atoms with Gasteiger partial charge in [0.1, 0.15) is 5.75 Å². The van der Waals surface area contributed by atoms with E-state index in [1.54, 1.807) is 7.11 Å². The summed E-state index contributed by atoms with van der Waals surface area (Å²) in [6.07, 6.45) is 6.52. The van der Waals surface area contributed by atoms with Crippen LogP contribution >= 0.6 is 11.6 Å². The molecule has 2 aromatic carbocycles. The summed E-state index contributed by atoms with van der Waals surface area (Å²) in [5.41, 5.74) is 2.62. The Morgan fingerprint density at radius 1 is 0.958 bits per heavy atom. The van der Waals surface area contributed by atoms with Gasteiger partial charge in [-0.25, -0.2) is 0 Å². The average Bonchev–Trinajstić information content (AvgIpc) is 2.64. The summed E-state index contributed by atoms with van der Waals surface area (Å²) < 4.78 is 5.25. The molecule has 0 aliphatic heterocycles. The maximum atomic E-state index is 5.91. The van der Waals surface area contributed by atoms with Crippen LogP contribution in [0.15, 0.2) is 48.5 Å². The maximum absolute atomic E-state index is 5.91. The quantitative estimate of drug-likeness (QED) is 0.681. The first-order valence-electron chi connectivity index (χ1n) is 8.88. The molecule has 1 N–H and O–H groups in total. The lowest BCUT2D eigenvalue weighted by Gasteiger charge is -2.29. The largest absolute Gasteiger partial charge is 0.497 e. The molecule has 128 valence electrons. The van der Waals surface area contributed by atoms with E-state index < -0.39 is 0 Å². The van der Waals surface area contributed by atoms with E-state index in [9.17, 15) is 0 Å². The summed E-state index contributed by atoms with van der Waals surface area (Å²) >= 11 is 5.91. The Morgan fingerprint density at radius 2 is 1.62 bits per heavy atom. The van der Waals surface area contributed by atoms with Gasteiger partial charge in [0.05, 0.1) is 7.11 Å². The van der Waals surface area contributed by atoms with Crippen LogP contribution in [0.2, 0.25) is 5.02 Å². The third kappa shape index (κ3) is 4.67. The molecular weight excluding hydrogens is 318 g/mol. The van der Waals surface area contributed by atoms with Gasteiger partial charge in [0.25, 0.3) is 0 Å². The van der Waals surface area contributed by atoms with Gasteiger partial charge in [-0.2, -0.15) is 0 Å². The number of hydrogen-bond donors (Lipinski definition) is 1. The fraction of sp³-hybridized carbons (Fsp3) is 0.429. The minimum Gasteiger partial charge on any atom is -0.497 e. The molecule has 2 nitrogen and oxygen atoms in total. The van der Waals surface area contributed by atoms with Gasteiger partial charge in [-0.15, -0.1) is 0 Å². The summed E-state index contributed by atoms with van der Waals surface area (Å²) in [5.74, 6) is 2.51. The SMILES string of the molecule is COc1ccc([C@H]2CC[C@H](CCNc3ccc(Cl)cc3)CC2)cc1. The Balaban J connectivity index is 1.40. The van der Waals surface area contributed by atoms with Crippen molar-refractivity contribution >= 4 is 17.3 Å². The molecule has 0 saturated heterocycles. The topological polar surface area (TPSA) is 21.3 Å². The van der Waals surface area contributed by atoms with Crippen LogP contribution in [0.25, 0.3) is 0 Å². The van der Waals surface area contributed by atoms with Crippen molar-refractivity contribution < 1.29 is 4.74 Å². The van der Waals surface area contributed by atoms with E-state index in [0.717, 1.165) is 34.8 Å². The third-order valence-corrected chi connectivity index (χ3v) is 5.41. The lowest BCUT2D eigenvalue weighted by Crippen LogP contribution is -2.16. The molecule has 2 aromatic rings. The van der Waals surface area contributed by atoms with Crippen molar-refractivity contribution in [1.82, 2.24) is 0 Å². The highest BCUT2D eigenvalue weighted by Crippen LogP contribution is 2.37. The zero-order valence-electron chi connectivity index (χ0n) is 14.3. The Hall–Kier alpha value is -1.67. The van der Waals surface area contributed by atoms with E-state index in [2.05, 4.69) is 29.6 Å². The van der Waals surface area contributed by atoms with Crippen LogP contribution < -0.4 is 10.1 Å². The molecule has 1 fully saturated rings. The van der Waals surface area contributed by atoms with Gasteiger partial charge in [-0.05, 0) is 85.9 Å². The first-order valence-corrected chi connectivity index (χ1v) is 9.26. The number of anilines is 1. The zero-order chi connectivity index (χ0) is 16.8. The van der Waals surface area contributed by atoms with Crippen molar-refractivity contribution in [1.29, 1.82) is 0 Å². The number of halogens is 1. The minimum absolute atomic E-state index is 0.719. The highest BCUT2D eigenvalue weighted by atomic mass is 35.5.